The van der Waals surface area contributed by atoms with Gasteiger partial charge in [0.05, 0.1) is 6.04 Å². The Balaban J connectivity index is 2.06. The van der Waals surface area contributed by atoms with E-state index in [-0.39, 0.29) is 29.5 Å². The van der Waals surface area contributed by atoms with Gasteiger partial charge >= 0.3 is 5.97 Å². The van der Waals surface area contributed by atoms with Gasteiger partial charge in [0.1, 0.15) is 18.1 Å². The van der Waals surface area contributed by atoms with Crippen LogP contribution in [0.3, 0.4) is 0 Å². The SMILES string of the molecule is CC(C)C(NC(=O)C1CCCN1)C(=O)N1CCCC1C(=O)NC(CS)C(=O)O. The third kappa shape index (κ3) is 5.38. The molecule has 2 aliphatic heterocycles. The van der Waals surface area contributed by atoms with Crippen molar-refractivity contribution in [2.24, 2.45) is 5.92 Å². The molecule has 158 valence electrons. The number of carbonyl (C=O) groups is 4. The Kier molecular flexibility index (Phi) is 8.11. The highest BCUT2D eigenvalue weighted by Gasteiger charge is 2.40. The summed E-state index contributed by atoms with van der Waals surface area (Å²) in [4.78, 5) is 50.7. The number of hydrogen-bond donors (Lipinski definition) is 5. The van der Waals surface area contributed by atoms with Crippen molar-refractivity contribution in [3.63, 3.8) is 0 Å². The van der Waals surface area contributed by atoms with Crippen LogP contribution in [0.5, 0.6) is 0 Å². The van der Waals surface area contributed by atoms with Crippen LogP contribution in [0, 0.1) is 5.92 Å². The number of nitrogens with one attached hydrogen (secondary N) is 3. The van der Waals surface area contributed by atoms with Crippen LogP contribution in [-0.2, 0) is 19.2 Å². The molecule has 10 heteroatoms. The molecule has 2 saturated heterocycles. The molecule has 9 nitrogen and oxygen atoms in total. The number of carbonyl (C=O) groups excluding carboxylic acids is 3. The zero-order valence-electron chi connectivity index (χ0n) is 16.3. The van der Waals surface area contributed by atoms with Crippen LogP contribution in [0.15, 0.2) is 0 Å². The lowest BCUT2D eigenvalue weighted by molar-refractivity contribution is -0.145. The summed E-state index contributed by atoms with van der Waals surface area (Å²) in [5, 5.41) is 17.5. The second-order valence-electron chi connectivity index (χ2n) is 7.65. The standard InChI is InChI=1S/C18H30N4O5S/c1-10(2)14(21-15(23)11-5-3-7-19-11)17(25)22-8-4-6-13(22)16(24)20-12(9-28)18(26)27/h10-14,19,28H,3-9H2,1-2H3,(H,20,24)(H,21,23)(H,26,27). The molecular weight excluding hydrogens is 384 g/mol. The Labute approximate surface area is 170 Å². The number of thiol groups is 1. The number of carboxylic acids is 1. The van der Waals surface area contributed by atoms with Crippen LogP contribution < -0.4 is 16.0 Å². The summed E-state index contributed by atoms with van der Waals surface area (Å²) in [6.45, 7) is 4.87. The summed E-state index contributed by atoms with van der Waals surface area (Å²) in [7, 11) is 0. The van der Waals surface area contributed by atoms with Crippen molar-refractivity contribution in [3.05, 3.63) is 0 Å². The molecule has 2 fully saturated rings. The summed E-state index contributed by atoms with van der Waals surface area (Å²) in [5.74, 6) is -2.37. The molecule has 0 aliphatic carbocycles. The van der Waals surface area contributed by atoms with E-state index in [0.717, 1.165) is 19.4 Å². The molecule has 2 heterocycles. The van der Waals surface area contributed by atoms with Crippen LogP contribution >= 0.6 is 12.6 Å². The molecule has 28 heavy (non-hydrogen) atoms. The van der Waals surface area contributed by atoms with Crippen LogP contribution in [-0.4, -0.2) is 76.7 Å². The molecule has 0 saturated carbocycles. The smallest absolute Gasteiger partial charge is 0.327 e. The second-order valence-corrected chi connectivity index (χ2v) is 8.02. The zero-order valence-corrected chi connectivity index (χ0v) is 17.2. The lowest BCUT2D eigenvalue weighted by Crippen LogP contribution is -2.58. The van der Waals surface area contributed by atoms with E-state index in [1.165, 1.54) is 4.90 Å². The Morgan fingerprint density at radius 2 is 1.86 bits per heavy atom. The Morgan fingerprint density at radius 1 is 1.14 bits per heavy atom. The van der Waals surface area contributed by atoms with Crippen LogP contribution in [0.2, 0.25) is 0 Å². The quantitative estimate of drug-likeness (QED) is 0.337. The summed E-state index contributed by atoms with van der Waals surface area (Å²) < 4.78 is 0. The molecule has 4 unspecified atom stereocenters. The van der Waals surface area contributed by atoms with Gasteiger partial charge in [-0.15, -0.1) is 0 Å². The van der Waals surface area contributed by atoms with E-state index in [0.29, 0.717) is 19.4 Å². The van der Waals surface area contributed by atoms with E-state index in [2.05, 4.69) is 28.6 Å². The highest BCUT2D eigenvalue weighted by atomic mass is 32.1. The lowest BCUT2D eigenvalue weighted by atomic mass is 10.0. The van der Waals surface area contributed by atoms with Crippen molar-refractivity contribution >= 4 is 36.3 Å². The van der Waals surface area contributed by atoms with Crippen LogP contribution in [0.4, 0.5) is 0 Å². The van der Waals surface area contributed by atoms with Gasteiger partial charge in [-0.2, -0.15) is 12.6 Å². The molecule has 0 aromatic rings. The molecule has 0 aromatic heterocycles. The number of aliphatic carboxylic acids is 1. The van der Waals surface area contributed by atoms with E-state index in [1.807, 2.05) is 13.8 Å². The van der Waals surface area contributed by atoms with E-state index in [9.17, 15) is 19.2 Å². The molecule has 3 amide bonds. The first kappa shape index (κ1) is 22.5. The van der Waals surface area contributed by atoms with E-state index in [1.54, 1.807) is 0 Å². The number of rotatable bonds is 8. The molecule has 0 aromatic carbocycles. The van der Waals surface area contributed by atoms with Gasteiger partial charge in [-0.1, -0.05) is 13.8 Å². The third-order valence-electron chi connectivity index (χ3n) is 5.24. The van der Waals surface area contributed by atoms with Gasteiger partial charge in [0.2, 0.25) is 17.7 Å². The monoisotopic (exact) mass is 414 g/mol. The van der Waals surface area contributed by atoms with Crippen molar-refractivity contribution in [3.8, 4) is 0 Å². The van der Waals surface area contributed by atoms with Crippen molar-refractivity contribution in [1.29, 1.82) is 0 Å². The van der Waals surface area contributed by atoms with Crippen molar-refractivity contribution in [2.75, 3.05) is 18.8 Å². The fourth-order valence-electron chi connectivity index (χ4n) is 3.61. The molecule has 0 bridgehead atoms. The lowest BCUT2D eigenvalue weighted by Gasteiger charge is -2.31. The minimum atomic E-state index is -1.17. The first-order chi connectivity index (χ1) is 13.3. The number of nitrogens with zero attached hydrogens (tertiary/aromatic N) is 1. The first-order valence-corrected chi connectivity index (χ1v) is 10.4. The van der Waals surface area contributed by atoms with Gasteiger partial charge < -0.3 is 26.0 Å². The van der Waals surface area contributed by atoms with Crippen molar-refractivity contribution in [2.45, 2.75) is 63.7 Å². The van der Waals surface area contributed by atoms with Gasteiger partial charge in [-0.25, -0.2) is 4.79 Å². The normalized spacial score (nSPS) is 24.1. The molecule has 2 rings (SSSR count). The Morgan fingerprint density at radius 3 is 2.39 bits per heavy atom. The Bertz CT molecular complexity index is 609. The highest BCUT2D eigenvalue weighted by molar-refractivity contribution is 7.80. The summed E-state index contributed by atoms with van der Waals surface area (Å²) >= 11 is 3.95. The zero-order chi connectivity index (χ0) is 20.8. The van der Waals surface area contributed by atoms with Gasteiger partial charge in [0, 0.05) is 12.3 Å². The predicted molar refractivity (Wildman–Crippen MR) is 106 cm³/mol. The Hall–Kier alpha value is -1.81. The average molecular weight is 415 g/mol. The van der Waals surface area contributed by atoms with Crippen molar-refractivity contribution in [1.82, 2.24) is 20.9 Å². The van der Waals surface area contributed by atoms with Crippen LogP contribution in [0.25, 0.3) is 0 Å². The summed E-state index contributed by atoms with van der Waals surface area (Å²) in [5.41, 5.74) is 0. The molecule has 0 spiro atoms. The van der Waals surface area contributed by atoms with Crippen molar-refractivity contribution < 1.29 is 24.3 Å². The van der Waals surface area contributed by atoms with Gasteiger partial charge in [0.15, 0.2) is 0 Å². The molecule has 4 N–H and O–H groups in total. The topological polar surface area (TPSA) is 128 Å². The van der Waals surface area contributed by atoms with E-state index >= 15 is 0 Å². The predicted octanol–water partition coefficient (Wildman–Crippen LogP) is -0.631. The molecule has 4 atom stereocenters. The van der Waals surface area contributed by atoms with E-state index < -0.39 is 30.0 Å². The maximum Gasteiger partial charge on any atom is 0.327 e. The summed E-state index contributed by atoms with van der Waals surface area (Å²) in [6, 6.07) is -2.87. The summed E-state index contributed by atoms with van der Waals surface area (Å²) in [6.07, 6.45) is 2.76. The largest absolute Gasteiger partial charge is 0.480 e. The van der Waals surface area contributed by atoms with Crippen LogP contribution in [0.1, 0.15) is 39.5 Å². The number of amides is 3. The maximum atomic E-state index is 13.1. The van der Waals surface area contributed by atoms with Gasteiger partial charge in [-0.3, -0.25) is 14.4 Å². The fraction of sp³-hybridized carbons (Fsp3) is 0.778. The maximum absolute atomic E-state index is 13.1. The third-order valence-corrected chi connectivity index (χ3v) is 5.61. The second kappa shape index (κ2) is 10.1. The minimum absolute atomic E-state index is 0.0409. The number of likely N-dealkylation sites (tertiary alicyclic amines) is 1. The fourth-order valence-corrected chi connectivity index (χ4v) is 3.86. The van der Waals surface area contributed by atoms with E-state index in [4.69, 9.17) is 5.11 Å². The minimum Gasteiger partial charge on any atom is -0.480 e. The highest BCUT2D eigenvalue weighted by Crippen LogP contribution is 2.21. The van der Waals surface area contributed by atoms with Gasteiger partial charge in [-0.05, 0) is 38.1 Å². The van der Waals surface area contributed by atoms with Gasteiger partial charge in [0.25, 0.3) is 0 Å². The average Bonchev–Trinajstić information content (AvgIpc) is 3.34. The molecular formula is C18H30N4O5S. The number of carboxylic acid groups (broad SMARTS) is 1. The number of hydrogen-bond acceptors (Lipinski definition) is 6. The first-order valence-electron chi connectivity index (χ1n) is 9.74. The molecule has 2 aliphatic rings. The molecule has 0 radical (unpaired) electrons.